The second kappa shape index (κ2) is 15.9. The average Bonchev–Trinajstić information content (AvgIpc) is 3.40. The van der Waals surface area contributed by atoms with Crippen LogP contribution in [0.4, 0.5) is 10.5 Å². The van der Waals surface area contributed by atoms with E-state index >= 15 is 0 Å². The van der Waals surface area contributed by atoms with Gasteiger partial charge in [-0.25, -0.2) is 4.79 Å². The molecule has 8 heteroatoms. The SMILES string of the molecule is CC(=O)N[C@@H]1CCN(CCCCOCCCCN2CCC(C)(OC(=O)Nc3ccccc3-c3ccccc3)CC2)C1. The Morgan fingerprint density at radius 3 is 2.24 bits per heavy atom. The van der Waals surface area contributed by atoms with Crippen molar-refractivity contribution in [2.24, 2.45) is 0 Å². The summed E-state index contributed by atoms with van der Waals surface area (Å²) in [6.07, 6.45) is 6.73. The minimum atomic E-state index is -0.453. The van der Waals surface area contributed by atoms with Gasteiger partial charge >= 0.3 is 6.09 Å². The van der Waals surface area contributed by atoms with Crippen molar-refractivity contribution in [2.75, 3.05) is 57.8 Å². The van der Waals surface area contributed by atoms with E-state index in [-0.39, 0.29) is 5.91 Å². The van der Waals surface area contributed by atoms with Crippen LogP contribution in [0.25, 0.3) is 11.1 Å². The van der Waals surface area contributed by atoms with Gasteiger partial charge in [-0.1, -0.05) is 48.5 Å². The van der Waals surface area contributed by atoms with E-state index in [1.54, 1.807) is 6.92 Å². The zero-order valence-electron chi connectivity index (χ0n) is 24.9. The molecule has 0 aromatic heterocycles. The third kappa shape index (κ3) is 10.4. The molecule has 0 saturated carbocycles. The Hall–Kier alpha value is -2.94. The lowest BCUT2D eigenvalue weighted by atomic mass is 9.93. The minimum Gasteiger partial charge on any atom is -0.443 e. The van der Waals surface area contributed by atoms with E-state index in [2.05, 4.69) is 20.4 Å². The second-order valence-corrected chi connectivity index (χ2v) is 11.7. The molecule has 2 aliphatic rings. The highest BCUT2D eigenvalue weighted by Crippen LogP contribution is 2.30. The number of ether oxygens (including phenoxy) is 2. The fraction of sp³-hybridized carbons (Fsp3) is 0.576. The molecule has 0 unspecified atom stereocenters. The number of rotatable bonds is 14. The molecule has 224 valence electrons. The van der Waals surface area contributed by atoms with E-state index in [1.807, 2.05) is 61.5 Å². The molecule has 1 atom stereocenters. The van der Waals surface area contributed by atoms with Crippen LogP contribution in [0, 0.1) is 0 Å². The maximum absolute atomic E-state index is 12.8. The molecular weight excluding hydrogens is 516 g/mol. The number of amides is 2. The van der Waals surface area contributed by atoms with E-state index < -0.39 is 11.7 Å². The highest BCUT2D eigenvalue weighted by atomic mass is 16.6. The number of likely N-dealkylation sites (tertiary alicyclic amines) is 2. The topological polar surface area (TPSA) is 83.1 Å². The Morgan fingerprint density at radius 1 is 0.878 bits per heavy atom. The van der Waals surface area contributed by atoms with Crippen molar-refractivity contribution in [2.45, 2.75) is 70.4 Å². The summed E-state index contributed by atoms with van der Waals surface area (Å²) < 4.78 is 11.8. The molecule has 4 rings (SSSR count). The Morgan fingerprint density at radius 2 is 1.54 bits per heavy atom. The fourth-order valence-corrected chi connectivity index (χ4v) is 5.79. The third-order valence-corrected chi connectivity index (χ3v) is 8.21. The number of nitrogens with zero attached hydrogens (tertiary/aromatic N) is 2. The van der Waals surface area contributed by atoms with Gasteiger partial charge in [-0.15, -0.1) is 0 Å². The first kappa shape index (κ1) is 31.0. The number of anilines is 1. The molecule has 2 fully saturated rings. The number of nitrogens with one attached hydrogen (secondary N) is 2. The molecule has 2 N–H and O–H groups in total. The average molecular weight is 565 g/mol. The summed E-state index contributed by atoms with van der Waals surface area (Å²) in [5.74, 6) is 0.0690. The zero-order valence-corrected chi connectivity index (χ0v) is 24.9. The number of para-hydroxylation sites is 1. The van der Waals surface area contributed by atoms with Gasteiger partial charge in [-0.3, -0.25) is 10.1 Å². The van der Waals surface area contributed by atoms with Gasteiger partial charge in [-0.2, -0.15) is 0 Å². The number of carbonyl (C=O) groups excluding carboxylic acids is 2. The molecule has 2 saturated heterocycles. The second-order valence-electron chi connectivity index (χ2n) is 11.7. The summed E-state index contributed by atoms with van der Waals surface area (Å²) in [7, 11) is 0. The number of benzene rings is 2. The van der Waals surface area contributed by atoms with Crippen molar-refractivity contribution in [1.29, 1.82) is 0 Å². The number of unbranched alkanes of at least 4 members (excludes halogenated alkanes) is 2. The Labute approximate surface area is 245 Å². The predicted molar refractivity (Wildman–Crippen MR) is 164 cm³/mol. The molecule has 8 nitrogen and oxygen atoms in total. The third-order valence-electron chi connectivity index (χ3n) is 8.21. The van der Waals surface area contributed by atoms with Gasteiger partial charge in [0.15, 0.2) is 0 Å². The molecule has 2 heterocycles. The van der Waals surface area contributed by atoms with Crippen LogP contribution in [-0.4, -0.2) is 85.9 Å². The van der Waals surface area contributed by atoms with Crippen molar-refractivity contribution in [3.8, 4) is 11.1 Å². The van der Waals surface area contributed by atoms with Crippen LogP contribution in [-0.2, 0) is 14.3 Å². The first-order valence-electron chi connectivity index (χ1n) is 15.3. The largest absolute Gasteiger partial charge is 0.443 e. The van der Waals surface area contributed by atoms with Crippen molar-refractivity contribution in [3.63, 3.8) is 0 Å². The molecule has 0 radical (unpaired) electrons. The van der Waals surface area contributed by atoms with Crippen molar-refractivity contribution < 1.29 is 19.1 Å². The van der Waals surface area contributed by atoms with Crippen molar-refractivity contribution in [3.05, 3.63) is 54.6 Å². The lowest BCUT2D eigenvalue weighted by Gasteiger charge is -2.38. The molecule has 2 amide bonds. The first-order valence-corrected chi connectivity index (χ1v) is 15.3. The van der Waals surface area contributed by atoms with E-state index in [0.29, 0.717) is 6.04 Å². The van der Waals surface area contributed by atoms with Gasteiger partial charge in [-0.05, 0) is 76.6 Å². The number of hydrogen-bond acceptors (Lipinski definition) is 6. The van der Waals surface area contributed by atoms with Crippen LogP contribution in [0.5, 0.6) is 0 Å². The van der Waals surface area contributed by atoms with Gasteiger partial charge in [0, 0.05) is 57.9 Å². The van der Waals surface area contributed by atoms with E-state index in [4.69, 9.17) is 9.47 Å². The van der Waals surface area contributed by atoms with Gasteiger partial charge in [0.1, 0.15) is 5.60 Å². The maximum atomic E-state index is 12.8. The summed E-state index contributed by atoms with van der Waals surface area (Å²) in [6.45, 7) is 11.3. The monoisotopic (exact) mass is 564 g/mol. The molecule has 41 heavy (non-hydrogen) atoms. The highest BCUT2D eigenvalue weighted by molar-refractivity contribution is 5.91. The van der Waals surface area contributed by atoms with Crippen LogP contribution in [0.15, 0.2) is 54.6 Å². The molecule has 0 bridgehead atoms. The molecule has 0 aliphatic carbocycles. The Bertz CT molecular complexity index is 1090. The summed E-state index contributed by atoms with van der Waals surface area (Å²) in [5, 5.41) is 6.00. The first-order chi connectivity index (χ1) is 19.9. The van der Waals surface area contributed by atoms with E-state index in [1.165, 1.54) is 0 Å². The zero-order chi connectivity index (χ0) is 28.9. The number of piperidine rings is 1. The molecule has 2 aromatic rings. The quantitative estimate of drug-likeness (QED) is 0.293. The van der Waals surface area contributed by atoms with Crippen LogP contribution >= 0.6 is 0 Å². The van der Waals surface area contributed by atoms with Crippen LogP contribution < -0.4 is 10.6 Å². The smallest absolute Gasteiger partial charge is 0.412 e. The molecule has 2 aromatic carbocycles. The standard InChI is InChI=1S/C33H48N4O4/c1-27(38)34-29-16-21-37(26-29)20-9-11-25-40-24-10-8-19-36-22-17-33(2,18-23-36)41-32(39)35-31-15-7-6-14-30(31)28-12-4-3-5-13-28/h3-7,12-15,29H,8-11,16-26H2,1-2H3,(H,34,38)(H,35,39)/t29-/m1/s1. The summed E-state index contributed by atoms with van der Waals surface area (Å²) in [5.41, 5.74) is 2.35. The van der Waals surface area contributed by atoms with Gasteiger partial charge in [0.2, 0.25) is 5.91 Å². The van der Waals surface area contributed by atoms with E-state index in [0.717, 1.165) is 114 Å². The molecule has 0 spiro atoms. The maximum Gasteiger partial charge on any atom is 0.412 e. The van der Waals surface area contributed by atoms with E-state index in [9.17, 15) is 9.59 Å². The number of carbonyl (C=O) groups is 2. The van der Waals surface area contributed by atoms with Crippen molar-refractivity contribution in [1.82, 2.24) is 15.1 Å². The van der Waals surface area contributed by atoms with Crippen LogP contribution in [0.2, 0.25) is 0 Å². The van der Waals surface area contributed by atoms with Crippen LogP contribution in [0.3, 0.4) is 0 Å². The Kier molecular flexibility index (Phi) is 12.0. The van der Waals surface area contributed by atoms with Crippen LogP contribution in [0.1, 0.15) is 58.8 Å². The lowest BCUT2D eigenvalue weighted by molar-refractivity contribution is -0.119. The highest BCUT2D eigenvalue weighted by Gasteiger charge is 2.33. The summed E-state index contributed by atoms with van der Waals surface area (Å²) >= 11 is 0. The van der Waals surface area contributed by atoms with Gasteiger partial charge in [0.25, 0.3) is 0 Å². The van der Waals surface area contributed by atoms with Gasteiger partial charge in [0.05, 0.1) is 5.69 Å². The molecular formula is C33H48N4O4. The molecule has 2 aliphatic heterocycles. The Balaban J connectivity index is 1.04. The number of hydrogen-bond donors (Lipinski definition) is 2. The normalized spacial score (nSPS) is 19.1. The van der Waals surface area contributed by atoms with Crippen molar-refractivity contribution >= 4 is 17.7 Å². The lowest BCUT2D eigenvalue weighted by Crippen LogP contribution is -2.46. The summed E-state index contributed by atoms with van der Waals surface area (Å²) in [6, 6.07) is 18.2. The minimum absolute atomic E-state index is 0.0690. The fourth-order valence-electron chi connectivity index (χ4n) is 5.79. The summed E-state index contributed by atoms with van der Waals surface area (Å²) in [4.78, 5) is 28.9. The van der Waals surface area contributed by atoms with Gasteiger partial charge < -0.3 is 24.6 Å². The predicted octanol–water partition coefficient (Wildman–Crippen LogP) is 5.54.